The van der Waals surface area contributed by atoms with Crippen LogP contribution in [0.15, 0.2) is 79.3 Å². The van der Waals surface area contributed by atoms with Crippen LogP contribution in [0.25, 0.3) is 33.3 Å². The van der Waals surface area contributed by atoms with Crippen LogP contribution >= 0.6 is 0 Å². The molecule has 56 heavy (non-hydrogen) atoms. The van der Waals surface area contributed by atoms with E-state index in [1.165, 1.54) is 0 Å². The Morgan fingerprint density at radius 3 is 2.61 bits per heavy atom. The Hall–Kier alpha value is -6.61. The molecule has 282 valence electrons. The van der Waals surface area contributed by atoms with E-state index in [1.807, 2.05) is 55.3 Å². The molecule has 4 amide bonds. The third-order valence-electron chi connectivity index (χ3n) is 10.9. The molecular weight excluding hydrogens is 705 g/mol. The van der Waals surface area contributed by atoms with Crippen molar-refractivity contribution >= 4 is 34.4 Å². The second-order valence-electron chi connectivity index (χ2n) is 14.3. The number of benzene rings is 2. The quantitative estimate of drug-likeness (QED) is 0.156. The van der Waals surface area contributed by atoms with Gasteiger partial charge < -0.3 is 25.0 Å². The number of likely N-dealkylation sites (N-methyl/N-ethyl adjacent to an activating group) is 1. The number of hydrogen-bond donors (Lipinski definition) is 2. The van der Waals surface area contributed by atoms with Crippen molar-refractivity contribution in [3.8, 4) is 34.4 Å². The van der Waals surface area contributed by atoms with Crippen LogP contribution in [0.5, 0.6) is 0 Å². The summed E-state index contributed by atoms with van der Waals surface area (Å²) in [7, 11) is 0. The second kappa shape index (κ2) is 14.9. The van der Waals surface area contributed by atoms with Gasteiger partial charge in [-0.2, -0.15) is 0 Å². The second-order valence-corrected chi connectivity index (χ2v) is 14.3. The minimum absolute atomic E-state index is 0.116. The van der Waals surface area contributed by atoms with Gasteiger partial charge in [0.2, 0.25) is 11.8 Å². The summed E-state index contributed by atoms with van der Waals surface area (Å²) in [6, 6.07) is 16.3. The highest BCUT2D eigenvalue weighted by Gasteiger charge is 2.39. The SMILES string of the molecule is C=C1CCC(N2Cc3c(C#CCCNC(=O)c4ccc(-c5cc6cccc(-c7nc(CC)n8c7CN(CC)C(=O)[C@H]8C)c6cn5)cn4)cccc3C2=O)C(=O)N1. The molecule has 0 saturated carbocycles. The highest BCUT2D eigenvalue weighted by Crippen LogP contribution is 2.37. The number of nitrogens with one attached hydrogen (secondary N) is 2. The van der Waals surface area contributed by atoms with Gasteiger partial charge >= 0.3 is 0 Å². The molecule has 3 aliphatic heterocycles. The highest BCUT2D eigenvalue weighted by atomic mass is 16.2. The van der Waals surface area contributed by atoms with Crippen molar-refractivity contribution in [1.82, 2.24) is 40.0 Å². The van der Waals surface area contributed by atoms with Crippen molar-refractivity contribution in [3.05, 3.63) is 113 Å². The number of amides is 4. The van der Waals surface area contributed by atoms with Crippen LogP contribution in [0, 0.1) is 11.8 Å². The van der Waals surface area contributed by atoms with Gasteiger partial charge in [-0.15, -0.1) is 0 Å². The Morgan fingerprint density at radius 1 is 1.02 bits per heavy atom. The Balaban J connectivity index is 0.918. The van der Waals surface area contributed by atoms with Crippen molar-refractivity contribution in [2.24, 2.45) is 0 Å². The lowest BCUT2D eigenvalue weighted by atomic mass is 10.00. The molecule has 12 heteroatoms. The molecule has 0 bridgehead atoms. The monoisotopic (exact) mass is 746 g/mol. The Kier molecular flexibility index (Phi) is 9.68. The zero-order valence-electron chi connectivity index (χ0n) is 31.7. The van der Waals surface area contributed by atoms with Gasteiger partial charge in [-0.25, -0.2) is 4.98 Å². The summed E-state index contributed by atoms with van der Waals surface area (Å²) in [4.78, 5) is 69.5. The first kappa shape index (κ1) is 36.4. The van der Waals surface area contributed by atoms with Crippen molar-refractivity contribution < 1.29 is 19.2 Å². The van der Waals surface area contributed by atoms with Crippen molar-refractivity contribution in [3.63, 3.8) is 0 Å². The molecule has 1 unspecified atom stereocenters. The van der Waals surface area contributed by atoms with E-state index in [0.29, 0.717) is 56.7 Å². The number of carbonyl (C=O) groups is 4. The molecular formula is C44H42N8O4. The third kappa shape index (κ3) is 6.49. The smallest absolute Gasteiger partial charge is 0.269 e. The summed E-state index contributed by atoms with van der Waals surface area (Å²) in [5.74, 6) is 6.61. The fraction of sp³-hybridized carbons (Fsp3) is 0.295. The molecule has 12 nitrogen and oxygen atoms in total. The minimum atomic E-state index is -0.531. The van der Waals surface area contributed by atoms with E-state index in [9.17, 15) is 19.2 Å². The van der Waals surface area contributed by atoms with E-state index in [-0.39, 0.29) is 35.4 Å². The van der Waals surface area contributed by atoms with Crippen LogP contribution in [0.1, 0.15) is 89.6 Å². The molecule has 0 spiro atoms. The first-order chi connectivity index (χ1) is 27.2. The van der Waals surface area contributed by atoms with Crippen LogP contribution in [0.3, 0.4) is 0 Å². The van der Waals surface area contributed by atoms with Gasteiger partial charge in [0.05, 0.1) is 23.6 Å². The molecule has 2 N–H and O–H groups in total. The Labute approximate surface area is 325 Å². The van der Waals surface area contributed by atoms with E-state index >= 15 is 0 Å². The predicted molar refractivity (Wildman–Crippen MR) is 212 cm³/mol. The van der Waals surface area contributed by atoms with Gasteiger partial charge in [-0.1, -0.05) is 49.6 Å². The molecule has 1 fully saturated rings. The van der Waals surface area contributed by atoms with Gasteiger partial charge in [0.1, 0.15) is 23.6 Å². The maximum atomic E-state index is 13.2. The van der Waals surface area contributed by atoms with E-state index < -0.39 is 6.04 Å². The largest absolute Gasteiger partial charge is 0.350 e. The van der Waals surface area contributed by atoms with Gasteiger partial charge in [-0.3, -0.25) is 29.1 Å². The van der Waals surface area contributed by atoms with E-state index in [0.717, 1.165) is 62.4 Å². The number of aryl methyl sites for hydroxylation is 1. The molecule has 2 aromatic carbocycles. The summed E-state index contributed by atoms with van der Waals surface area (Å²) in [6.07, 6.45) is 5.81. The molecule has 5 aromatic rings. The van der Waals surface area contributed by atoms with Gasteiger partial charge in [0.25, 0.3) is 11.8 Å². The zero-order valence-corrected chi connectivity index (χ0v) is 31.7. The van der Waals surface area contributed by atoms with Crippen molar-refractivity contribution in [2.45, 2.75) is 71.6 Å². The molecule has 6 heterocycles. The van der Waals surface area contributed by atoms with Gasteiger partial charge in [0.15, 0.2) is 0 Å². The lowest BCUT2D eigenvalue weighted by Gasteiger charge is -2.33. The van der Waals surface area contributed by atoms with E-state index in [4.69, 9.17) is 9.97 Å². The fourth-order valence-corrected chi connectivity index (χ4v) is 7.98. The first-order valence-electron chi connectivity index (χ1n) is 19.1. The number of nitrogens with zero attached hydrogens (tertiary/aromatic N) is 6. The number of aromatic nitrogens is 4. The number of rotatable bonds is 8. The maximum Gasteiger partial charge on any atom is 0.269 e. The van der Waals surface area contributed by atoms with E-state index in [1.54, 1.807) is 29.3 Å². The van der Waals surface area contributed by atoms with Crippen LogP contribution < -0.4 is 10.6 Å². The fourth-order valence-electron chi connectivity index (χ4n) is 7.98. The predicted octanol–water partition coefficient (Wildman–Crippen LogP) is 5.57. The number of fused-ring (bicyclic) bond motifs is 3. The minimum Gasteiger partial charge on any atom is -0.350 e. The number of hydrogen-bond acceptors (Lipinski definition) is 7. The molecule has 2 atom stereocenters. The summed E-state index contributed by atoms with van der Waals surface area (Å²) in [6.45, 7) is 11.6. The lowest BCUT2D eigenvalue weighted by molar-refractivity contribution is -0.136. The number of allylic oxidation sites excluding steroid dienone is 1. The summed E-state index contributed by atoms with van der Waals surface area (Å²) in [5.41, 5.74) is 7.48. The number of imidazole rings is 1. The standard InChI is InChI=1S/C44H42N8O4/c1-5-39-49-40(38-25-50(6-2)43(55)27(4)52(38)39)31-14-10-13-29-21-36(47-23-33(29)31)30-17-18-35(46-22-30)41(53)45-20-8-7-11-28-12-9-15-32-34(28)24-51(44(32)56)37-19-16-26(3)48-42(37)54/h9-10,12-15,17-18,21-23,27,37H,3,5-6,8,16,19-20,24-25H2,1-2,4H3,(H,45,53)(H,48,54)/t27-,37?/m1/s1. The Bertz CT molecular complexity index is 2510. The molecule has 8 rings (SSSR count). The normalized spacial score (nSPS) is 17.7. The number of piperidine rings is 1. The lowest BCUT2D eigenvalue weighted by Crippen LogP contribution is -2.49. The molecule has 3 aliphatic rings. The van der Waals surface area contributed by atoms with Crippen molar-refractivity contribution in [1.29, 1.82) is 0 Å². The highest BCUT2D eigenvalue weighted by molar-refractivity contribution is 6.02. The summed E-state index contributed by atoms with van der Waals surface area (Å²) >= 11 is 0. The van der Waals surface area contributed by atoms with Crippen molar-refractivity contribution in [2.75, 3.05) is 13.1 Å². The summed E-state index contributed by atoms with van der Waals surface area (Å²) in [5, 5.41) is 7.61. The maximum absolute atomic E-state index is 13.2. The van der Waals surface area contributed by atoms with Gasteiger partial charge in [0, 0.05) is 78.2 Å². The molecule has 3 aromatic heterocycles. The zero-order chi connectivity index (χ0) is 39.1. The van der Waals surface area contributed by atoms with Crippen LogP contribution in [-0.2, 0) is 29.1 Å². The third-order valence-corrected chi connectivity index (χ3v) is 10.9. The molecule has 0 aliphatic carbocycles. The first-order valence-corrected chi connectivity index (χ1v) is 19.1. The number of carbonyl (C=O) groups excluding carboxylic acids is 4. The van der Waals surface area contributed by atoms with Crippen LogP contribution in [0.2, 0.25) is 0 Å². The Morgan fingerprint density at radius 2 is 1.84 bits per heavy atom. The average molecular weight is 747 g/mol. The van der Waals surface area contributed by atoms with Crippen LogP contribution in [-0.4, -0.2) is 72.1 Å². The topological polar surface area (TPSA) is 142 Å². The summed E-state index contributed by atoms with van der Waals surface area (Å²) < 4.78 is 2.10. The van der Waals surface area contributed by atoms with Crippen LogP contribution in [0.4, 0.5) is 0 Å². The molecule has 1 saturated heterocycles. The molecule has 0 radical (unpaired) electrons. The number of pyridine rings is 2. The average Bonchev–Trinajstić information content (AvgIpc) is 3.76. The van der Waals surface area contributed by atoms with E-state index in [2.05, 4.69) is 51.6 Å². The van der Waals surface area contributed by atoms with Gasteiger partial charge in [-0.05, 0) is 68.0 Å².